The van der Waals surface area contributed by atoms with Gasteiger partial charge in [-0.1, -0.05) is 17.7 Å². The van der Waals surface area contributed by atoms with E-state index in [0.29, 0.717) is 12.0 Å². The SMILES string of the molecule is Cc1ccc(C(=O)N2CC[C@H](N3CCN(C)CC3)[C@H](CCCO)C2)c(C)c1. The molecule has 27 heavy (non-hydrogen) atoms. The van der Waals surface area contributed by atoms with Gasteiger partial charge in [0.15, 0.2) is 0 Å². The zero-order chi connectivity index (χ0) is 19.4. The molecule has 2 saturated heterocycles. The van der Waals surface area contributed by atoms with Crippen LogP contribution in [0.3, 0.4) is 0 Å². The van der Waals surface area contributed by atoms with Gasteiger partial charge in [-0.2, -0.15) is 0 Å². The van der Waals surface area contributed by atoms with Crippen molar-refractivity contribution >= 4 is 5.91 Å². The quantitative estimate of drug-likeness (QED) is 0.859. The number of aryl methyl sites for hydroxylation is 2. The zero-order valence-corrected chi connectivity index (χ0v) is 17.2. The topological polar surface area (TPSA) is 47.0 Å². The first-order valence-corrected chi connectivity index (χ1v) is 10.4. The van der Waals surface area contributed by atoms with Crippen LogP contribution in [0.1, 0.15) is 40.7 Å². The number of nitrogens with zero attached hydrogens (tertiary/aromatic N) is 3. The number of rotatable bonds is 5. The number of carbonyl (C=O) groups excluding carboxylic acids is 1. The maximum absolute atomic E-state index is 13.1. The molecule has 1 amide bonds. The van der Waals surface area contributed by atoms with Gasteiger partial charge in [0.05, 0.1) is 0 Å². The van der Waals surface area contributed by atoms with Crippen molar-refractivity contribution in [3.05, 3.63) is 34.9 Å². The summed E-state index contributed by atoms with van der Waals surface area (Å²) in [6, 6.07) is 6.63. The summed E-state index contributed by atoms with van der Waals surface area (Å²) in [5.74, 6) is 0.613. The van der Waals surface area contributed by atoms with E-state index in [9.17, 15) is 9.90 Å². The first-order chi connectivity index (χ1) is 13.0. The Kier molecular flexibility index (Phi) is 6.90. The Hall–Kier alpha value is -1.43. The number of aliphatic hydroxyl groups is 1. The summed E-state index contributed by atoms with van der Waals surface area (Å²) in [6.45, 7) is 10.4. The number of hydrogen-bond donors (Lipinski definition) is 1. The number of carbonyl (C=O) groups is 1. The largest absolute Gasteiger partial charge is 0.396 e. The molecule has 2 atom stereocenters. The van der Waals surface area contributed by atoms with Crippen LogP contribution in [0, 0.1) is 19.8 Å². The maximum atomic E-state index is 13.1. The minimum absolute atomic E-state index is 0.165. The number of hydrogen-bond acceptors (Lipinski definition) is 4. The van der Waals surface area contributed by atoms with Crippen molar-refractivity contribution in [2.75, 3.05) is 52.9 Å². The van der Waals surface area contributed by atoms with E-state index in [0.717, 1.165) is 69.7 Å². The van der Waals surface area contributed by atoms with Crippen LogP contribution < -0.4 is 0 Å². The molecule has 1 N–H and O–H groups in total. The second-order valence-corrected chi connectivity index (χ2v) is 8.39. The van der Waals surface area contributed by atoms with Crippen LogP contribution >= 0.6 is 0 Å². The predicted octanol–water partition coefficient (Wildman–Crippen LogP) is 2.15. The number of piperazine rings is 1. The molecule has 0 bridgehead atoms. The van der Waals surface area contributed by atoms with Crippen LogP contribution in [0.2, 0.25) is 0 Å². The average molecular weight is 374 g/mol. The summed E-state index contributed by atoms with van der Waals surface area (Å²) >= 11 is 0. The standard InChI is InChI=1S/C22H35N3O2/c1-17-6-7-20(18(2)15-17)22(27)25-9-8-21(19(16-25)5-4-14-26)24-12-10-23(3)11-13-24/h6-7,15,19,21,26H,4-5,8-14,16H2,1-3H3/t19-,21+/m1/s1. The van der Waals surface area contributed by atoms with E-state index in [1.54, 1.807) is 0 Å². The van der Waals surface area contributed by atoms with Gasteiger partial charge in [0.25, 0.3) is 5.91 Å². The molecule has 150 valence electrons. The van der Waals surface area contributed by atoms with E-state index in [1.165, 1.54) is 5.56 Å². The molecule has 1 aromatic rings. The molecule has 3 rings (SSSR count). The molecule has 5 nitrogen and oxygen atoms in total. The molecule has 0 aromatic heterocycles. The summed E-state index contributed by atoms with van der Waals surface area (Å²) in [4.78, 5) is 20.2. The van der Waals surface area contributed by atoms with Crippen molar-refractivity contribution in [3.63, 3.8) is 0 Å². The second-order valence-electron chi connectivity index (χ2n) is 8.39. The van der Waals surface area contributed by atoms with Crippen molar-refractivity contribution in [2.45, 2.75) is 39.2 Å². The van der Waals surface area contributed by atoms with Gasteiger partial charge in [0, 0.05) is 57.5 Å². The summed E-state index contributed by atoms with van der Waals surface area (Å²) in [6.07, 6.45) is 2.85. The molecular formula is C22H35N3O2. The van der Waals surface area contributed by atoms with E-state index in [1.807, 2.05) is 24.0 Å². The molecule has 2 fully saturated rings. The minimum atomic E-state index is 0.165. The predicted molar refractivity (Wildman–Crippen MR) is 109 cm³/mol. The molecule has 5 heteroatoms. The highest BCUT2D eigenvalue weighted by molar-refractivity contribution is 5.95. The normalized spacial score (nSPS) is 25.0. The molecule has 2 aliphatic heterocycles. The fourth-order valence-electron chi connectivity index (χ4n) is 4.70. The van der Waals surface area contributed by atoms with Gasteiger partial charge >= 0.3 is 0 Å². The third-order valence-electron chi connectivity index (χ3n) is 6.33. The first kappa shape index (κ1) is 20.3. The lowest BCUT2D eigenvalue weighted by atomic mass is 9.86. The Bertz CT molecular complexity index is 640. The van der Waals surface area contributed by atoms with Crippen LogP contribution in [-0.2, 0) is 0 Å². The van der Waals surface area contributed by atoms with Crippen molar-refractivity contribution in [2.24, 2.45) is 5.92 Å². The monoisotopic (exact) mass is 373 g/mol. The molecule has 0 unspecified atom stereocenters. The molecule has 0 saturated carbocycles. The molecule has 0 aliphatic carbocycles. The molecule has 2 heterocycles. The van der Waals surface area contributed by atoms with Crippen LogP contribution in [0.25, 0.3) is 0 Å². The Morgan fingerprint density at radius 1 is 1.15 bits per heavy atom. The van der Waals surface area contributed by atoms with Gasteiger partial charge in [-0.3, -0.25) is 9.69 Å². The van der Waals surface area contributed by atoms with E-state index in [2.05, 4.69) is 29.8 Å². The third-order valence-corrected chi connectivity index (χ3v) is 6.33. The van der Waals surface area contributed by atoms with Crippen LogP contribution in [0.15, 0.2) is 18.2 Å². The Labute approximate surface area is 163 Å². The molecule has 2 aliphatic rings. The van der Waals surface area contributed by atoms with Gasteiger partial charge in [-0.05, 0) is 57.7 Å². The highest BCUT2D eigenvalue weighted by atomic mass is 16.3. The number of likely N-dealkylation sites (N-methyl/N-ethyl adjacent to an activating group) is 1. The summed E-state index contributed by atoms with van der Waals surface area (Å²) in [7, 11) is 2.19. The van der Waals surface area contributed by atoms with E-state index in [4.69, 9.17) is 0 Å². The van der Waals surface area contributed by atoms with Crippen molar-refractivity contribution in [1.29, 1.82) is 0 Å². The van der Waals surface area contributed by atoms with Crippen LogP contribution in [-0.4, -0.2) is 84.7 Å². The lowest BCUT2D eigenvalue weighted by molar-refractivity contribution is 0.0217. The highest BCUT2D eigenvalue weighted by Crippen LogP contribution is 2.28. The third kappa shape index (κ3) is 4.89. The molecular weight excluding hydrogens is 338 g/mol. The minimum Gasteiger partial charge on any atom is -0.396 e. The van der Waals surface area contributed by atoms with E-state index < -0.39 is 0 Å². The fraction of sp³-hybridized carbons (Fsp3) is 0.682. The Morgan fingerprint density at radius 3 is 2.56 bits per heavy atom. The number of amides is 1. The lowest BCUT2D eigenvalue weighted by Crippen LogP contribution is -2.57. The highest BCUT2D eigenvalue weighted by Gasteiger charge is 2.35. The van der Waals surface area contributed by atoms with Gasteiger partial charge < -0.3 is 14.9 Å². The smallest absolute Gasteiger partial charge is 0.254 e. The number of piperidine rings is 1. The first-order valence-electron chi connectivity index (χ1n) is 10.4. The zero-order valence-electron chi connectivity index (χ0n) is 17.2. The second kappa shape index (κ2) is 9.18. The fourth-order valence-corrected chi connectivity index (χ4v) is 4.70. The van der Waals surface area contributed by atoms with Crippen molar-refractivity contribution < 1.29 is 9.90 Å². The van der Waals surface area contributed by atoms with Gasteiger partial charge in [0.1, 0.15) is 0 Å². The average Bonchev–Trinajstić information content (AvgIpc) is 2.66. The number of benzene rings is 1. The summed E-state index contributed by atoms with van der Waals surface area (Å²) < 4.78 is 0. The molecule has 0 radical (unpaired) electrons. The molecule has 0 spiro atoms. The van der Waals surface area contributed by atoms with Gasteiger partial charge in [-0.15, -0.1) is 0 Å². The summed E-state index contributed by atoms with van der Waals surface area (Å²) in [5, 5.41) is 9.34. The van der Waals surface area contributed by atoms with Crippen molar-refractivity contribution in [1.82, 2.24) is 14.7 Å². The number of likely N-dealkylation sites (tertiary alicyclic amines) is 1. The van der Waals surface area contributed by atoms with Crippen LogP contribution in [0.5, 0.6) is 0 Å². The van der Waals surface area contributed by atoms with Gasteiger partial charge in [0.2, 0.25) is 0 Å². The Balaban J connectivity index is 1.70. The number of aliphatic hydroxyl groups excluding tert-OH is 1. The summed E-state index contributed by atoms with van der Waals surface area (Å²) in [5.41, 5.74) is 3.09. The van der Waals surface area contributed by atoms with Crippen LogP contribution in [0.4, 0.5) is 0 Å². The Morgan fingerprint density at radius 2 is 1.89 bits per heavy atom. The van der Waals surface area contributed by atoms with Gasteiger partial charge in [-0.25, -0.2) is 0 Å². The molecule has 1 aromatic carbocycles. The van der Waals surface area contributed by atoms with E-state index >= 15 is 0 Å². The van der Waals surface area contributed by atoms with E-state index in [-0.39, 0.29) is 12.5 Å². The van der Waals surface area contributed by atoms with Crippen molar-refractivity contribution in [3.8, 4) is 0 Å². The maximum Gasteiger partial charge on any atom is 0.254 e. The lowest BCUT2D eigenvalue weighted by Gasteiger charge is -2.46.